The molecule has 0 aliphatic carbocycles. The third-order valence-corrected chi connectivity index (χ3v) is 3.21. The minimum Gasteiger partial charge on any atom is -0.457 e. The predicted octanol–water partition coefficient (Wildman–Crippen LogP) is 5.21. The first-order valence-corrected chi connectivity index (χ1v) is 6.40. The summed E-state index contributed by atoms with van der Waals surface area (Å²) in [6.45, 7) is 0. The molecule has 0 atom stereocenters. The van der Waals surface area contributed by atoms with Gasteiger partial charge in [0.15, 0.2) is 0 Å². The molecule has 0 spiro atoms. The zero-order valence-electron chi connectivity index (χ0n) is 10.2. The molecule has 2 aromatic rings. The Bertz CT molecular complexity index is 683. The van der Waals surface area contributed by atoms with Gasteiger partial charge in [0.25, 0.3) is 0 Å². The molecule has 7 heteroatoms. The molecule has 2 rings (SSSR count). The number of hydrogen-bond donors (Lipinski definition) is 0. The van der Waals surface area contributed by atoms with Gasteiger partial charge in [-0.1, -0.05) is 0 Å². The summed E-state index contributed by atoms with van der Waals surface area (Å²) in [7, 11) is 0. The summed E-state index contributed by atoms with van der Waals surface area (Å²) in [5.74, 6) is -1.25. The highest BCUT2D eigenvalue weighted by Crippen LogP contribution is 2.38. The van der Waals surface area contributed by atoms with E-state index in [2.05, 4.69) is 15.9 Å². The number of rotatable bonds is 3. The molecular weight excluding hydrogens is 356 g/mol. The van der Waals surface area contributed by atoms with Crippen LogP contribution in [0.3, 0.4) is 0 Å². The van der Waals surface area contributed by atoms with E-state index in [4.69, 9.17) is 4.74 Å². The Balaban J connectivity index is 2.43. The second kappa shape index (κ2) is 5.85. The molecule has 0 bridgehead atoms. The van der Waals surface area contributed by atoms with Crippen molar-refractivity contribution in [3.05, 3.63) is 57.8 Å². The lowest BCUT2D eigenvalue weighted by Gasteiger charge is -2.14. The maximum Gasteiger partial charge on any atom is 0.420 e. The van der Waals surface area contributed by atoms with Crippen molar-refractivity contribution in [3.8, 4) is 11.5 Å². The van der Waals surface area contributed by atoms with Crippen LogP contribution in [0.4, 0.5) is 17.6 Å². The molecule has 0 aromatic heterocycles. The van der Waals surface area contributed by atoms with Gasteiger partial charge in [0, 0.05) is 11.6 Å². The molecule has 2 aromatic carbocycles. The number of carbonyl (C=O) groups excluding carboxylic acids is 1. The molecular formula is C14H7BrF4O2. The first-order valence-electron chi connectivity index (χ1n) is 5.60. The molecule has 0 amide bonds. The van der Waals surface area contributed by atoms with Gasteiger partial charge in [-0.2, -0.15) is 13.2 Å². The van der Waals surface area contributed by atoms with Crippen LogP contribution in [-0.2, 0) is 6.18 Å². The number of alkyl halides is 3. The molecule has 21 heavy (non-hydrogen) atoms. The van der Waals surface area contributed by atoms with E-state index in [9.17, 15) is 22.4 Å². The summed E-state index contributed by atoms with van der Waals surface area (Å²) >= 11 is 2.93. The Hall–Kier alpha value is -1.89. The lowest BCUT2D eigenvalue weighted by Crippen LogP contribution is -2.08. The number of benzene rings is 2. The second-order valence-electron chi connectivity index (χ2n) is 4.05. The third kappa shape index (κ3) is 3.60. The zero-order valence-corrected chi connectivity index (χ0v) is 11.8. The summed E-state index contributed by atoms with van der Waals surface area (Å²) < 4.78 is 57.4. The van der Waals surface area contributed by atoms with Crippen molar-refractivity contribution in [2.45, 2.75) is 6.18 Å². The highest BCUT2D eigenvalue weighted by Gasteiger charge is 2.35. The van der Waals surface area contributed by atoms with Crippen molar-refractivity contribution in [1.29, 1.82) is 0 Å². The normalized spacial score (nSPS) is 11.3. The van der Waals surface area contributed by atoms with Crippen LogP contribution in [-0.4, -0.2) is 6.29 Å². The Morgan fingerprint density at radius 1 is 1.10 bits per heavy atom. The second-order valence-corrected chi connectivity index (χ2v) is 4.90. The fraction of sp³-hybridized carbons (Fsp3) is 0.0714. The van der Waals surface area contributed by atoms with Crippen LogP contribution in [0.1, 0.15) is 15.9 Å². The van der Waals surface area contributed by atoms with Crippen LogP contribution >= 0.6 is 15.9 Å². The van der Waals surface area contributed by atoms with E-state index in [1.807, 2.05) is 0 Å². The molecule has 0 unspecified atom stereocenters. The number of aldehydes is 1. The smallest absolute Gasteiger partial charge is 0.420 e. The Labute approximate surface area is 125 Å². The Morgan fingerprint density at radius 2 is 1.81 bits per heavy atom. The van der Waals surface area contributed by atoms with Gasteiger partial charge in [-0.3, -0.25) is 4.79 Å². The summed E-state index contributed by atoms with van der Waals surface area (Å²) in [5.41, 5.74) is -1.23. The van der Waals surface area contributed by atoms with Crippen LogP contribution in [0.2, 0.25) is 0 Å². The summed E-state index contributed by atoms with van der Waals surface area (Å²) in [4.78, 5) is 10.6. The molecule has 110 valence electrons. The molecule has 0 radical (unpaired) electrons. The van der Waals surface area contributed by atoms with E-state index in [1.54, 1.807) is 0 Å². The minimum atomic E-state index is -4.69. The highest BCUT2D eigenvalue weighted by molar-refractivity contribution is 9.10. The van der Waals surface area contributed by atoms with Gasteiger partial charge in [-0.25, -0.2) is 4.39 Å². The lowest BCUT2D eigenvalue weighted by molar-refractivity contribution is -0.138. The molecule has 0 saturated carbocycles. The number of carbonyl (C=O) groups is 1. The van der Waals surface area contributed by atoms with E-state index < -0.39 is 23.3 Å². The molecule has 0 N–H and O–H groups in total. The van der Waals surface area contributed by atoms with Crippen LogP contribution in [0, 0.1) is 5.82 Å². The maximum atomic E-state index is 13.3. The van der Waals surface area contributed by atoms with E-state index >= 15 is 0 Å². The van der Waals surface area contributed by atoms with Gasteiger partial charge in [0.1, 0.15) is 23.6 Å². The lowest BCUT2D eigenvalue weighted by atomic mass is 10.1. The van der Waals surface area contributed by atoms with Crippen molar-refractivity contribution in [3.63, 3.8) is 0 Å². The van der Waals surface area contributed by atoms with E-state index in [0.717, 1.165) is 12.1 Å². The maximum absolute atomic E-state index is 13.3. The average Bonchev–Trinajstić information content (AvgIpc) is 2.42. The van der Waals surface area contributed by atoms with Gasteiger partial charge in [0.2, 0.25) is 0 Å². The molecule has 0 heterocycles. The number of ether oxygens (including phenoxy) is 1. The number of halogens is 5. The quantitative estimate of drug-likeness (QED) is 0.553. The largest absolute Gasteiger partial charge is 0.457 e. The van der Waals surface area contributed by atoms with Crippen molar-refractivity contribution in [2.24, 2.45) is 0 Å². The minimum absolute atomic E-state index is 0.0833. The molecule has 0 aliphatic heterocycles. The Morgan fingerprint density at radius 3 is 2.38 bits per heavy atom. The SMILES string of the molecule is O=Cc1ccc(Oc2ccc(Br)c(F)c2)c(C(F)(F)F)c1. The van der Waals surface area contributed by atoms with Crippen LogP contribution in [0.15, 0.2) is 40.9 Å². The van der Waals surface area contributed by atoms with Crippen molar-refractivity contribution in [2.75, 3.05) is 0 Å². The monoisotopic (exact) mass is 362 g/mol. The van der Waals surface area contributed by atoms with Gasteiger partial charge < -0.3 is 4.74 Å². The van der Waals surface area contributed by atoms with Crippen LogP contribution < -0.4 is 4.74 Å². The van der Waals surface area contributed by atoms with Gasteiger partial charge in [0.05, 0.1) is 10.0 Å². The highest BCUT2D eigenvalue weighted by atomic mass is 79.9. The number of hydrogen-bond acceptors (Lipinski definition) is 2. The van der Waals surface area contributed by atoms with Crippen molar-refractivity contribution in [1.82, 2.24) is 0 Å². The summed E-state index contributed by atoms with van der Waals surface area (Å²) in [6.07, 6.45) is -4.39. The van der Waals surface area contributed by atoms with E-state index in [-0.39, 0.29) is 15.8 Å². The van der Waals surface area contributed by atoms with Gasteiger partial charge >= 0.3 is 6.18 Å². The van der Waals surface area contributed by atoms with E-state index in [0.29, 0.717) is 12.4 Å². The molecule has 0 saturated heterocycles. The van der Waals surface area contributed by atoms with Gasteiger partial charge in [-0.15, -0.1) is 0 Å². The standard InChI is InChI=1S/C14H7BrF4O2/c15-11-3-2-9(6-12(11)16)21-13-4-1-8(7-20)5-10(13)14(17,18)19/h1-7H. The molecule has 2 nitrogen and oxygen atoms in total. The van der Waals surface area contributed by atoms with Gasteiger partial charge in [-0.05, 0) is 46.3 Å². The summed E-state index contributed by atoms with van der Waals surface area (Å²) in [6, 6.07) is 6.48. The van der Waals surface area contributed by atoms with Crippen molar-refractivity contribution < 1.29 is 27.1 Å². The first kappa shape index (κ1) is 15.5. The van der Waals surface area contributed by atoms with E-state index in [1.165, 1.54) is 18.2 Å². The van der Waals surface area contributed by atoms with Crippen LogP contribution in [0.5, 0.6) is 11.5 Å². The third-order valence-electron chi connectivity index (χ3n) is 2.56. The Kier molecular flexibility index (Phi) is 4.32. The summed E-state index contributed by atoms with van der Waals surface area (Å²) in [5, 5.41) is 0. The fourth-order valence-corrected chi connectivity index (χ4v) is 1.85. The van der Waals surface area contributed by atoms with Crippen molar-refractivity contribution >= 4 is 22.2 Å². The molecule has 0 aliphatic rings. The zero-order chi connectivity index (χ0) is 15.6. The first-order chi connectivity index (χ1) is 9.81. The predicted molar refractivity (Wildman–Crippen MR) is 71.0 cm³/mol. The van der Waals surface area contributed by atoms with Crippen LogP contribution in [0.25, 0.3) is 0 Å². The average molecular weight is 363 g/mol. The topological polar surface area (TPSA) is 26.3 Å². The molecule has 0 fully saturated rings. The fourth-order valence-electron chi connectivity index (χ4n) is 1.60.